The fourth-order valence-electron chi connectivity index (χ4n) is 16.6. The van der Waals surface area contributed by atoms with Crippen LogP contribution in [0, 0.1) is 0 Å². The second kappa shape index (κ2) is 73.4. The van der Waals surface area contributed by atoms with Crippen LogP contribution in [0.4, 0.5) is 0 Å². The highest BCUT2D eigenvalue weighted by Gasteiger charge is 2.60. The van der Waals surface area contributed by atoms with Crippen molar-refractivity contribution in [3.63, 3.8) is 0 Å². The SMILES string of the molecule is CCCCCCCCCCCCCCCCCCC(=O)OCC(COP(=O)(O)OC1C(OC2OC(CO)C(O)C(O)C2O)C(O)C(O)C(OC(=O)CCCCCCCCCCCCCCCCCC)C1OC1OC(COC(=O)CCCCCCCCCCCCCCC)C(O)C(O)C1O)OC(=O)CCCCCCCCCCCCCCCCCC. The number of rotatable bonds is 81. The molecule has 1 saturated carbocycles. The van der Waals surface area contributed by atoms with Crippen LogP contribution in [0.25, 0.3) is 0 Å². The molecular formula is C94H177O25P. The molecule has 0 aromatic heterocycles. The molecular weight excluding hydrogens is 1560 g/mol. The standard InChI is InChI=1S/C94H177O25P/c1-5-9-13-17-21-25-29-33-36-39-43-47-50-54-58-62-66-77(96)110-71-74(113-79(98)68-64-60-56-52-48-44-40-37-34-30-26-22-18-14-10-6-2)72-112-120(108,109)119-92-90(117-93-87(106)83(102)81(100)75(70-95)114-93)86(105)85(104)89(116-80(99)69-65-61-57-53-49-45-41-38-35-31-27-23-19-15-11-7-3)91(92)118-94-88(107)84(103)82(101)76(115-94)73-111-78(97)67-63-59-55-51-46-42-32-28-24-20-16-12-8-4/h74-76,81-95,100-107H,5-73H2,1-4H3,(H,108,109). The summed E-state index contributed by atoms with van der Waals surface area (Å²) in [5.41, 5.74) is 0. The lowest BCUT2D eigenvalue weighted by Crippen LogP contribution is -2.70. The number of phosphoric acid groups is 1. The van der Waals surface area contributed by atoms with E-state index < -0.39 is 162 Å². The summed E-state index contributed by atoms with van der Waals surface area (Å²) >= 11 is 0. The molecule has 0 aromatic rings. The number of aliphatic hydroxyl groups is 9. The quantitative estimate of drug-likeness (QED) is 0.0117. The van der Waals surface area contributed by atoms with E-state index in [0.717, 1.165) is 128 Å². The summed E-state index contributed by atoms with van der Waals surface area (Å²) in [6.07, 6.45) is 32.1. The van der Waals surface area contributed by atoms with E-state index in [9.17, 15) is 74.6 Å². The molecule has 0 amide bonds. The molecule has 2 saturated heterocycles. The van der Waals surface area contributed by atoms with Gasteiger partial charge in [0.2, 0.25) is 0 Å². The second-order valence-electron chi connectivity index (χ2n) is 35.3. The Balaban J connectivity index is 1.90. The van der Waals surface area contributed by atoms with Gasteiger partial charge in [0, 0.05) is 25.7 Å². The lowest BCUT2D eigenvalue weighted by atomic mass is 9.84. The van der Waals surface area contributed by atoms with Crippen molar-refractivity contribution in [3.05, 3.63) is 0 Å². The van der Waals surface area contributed by atoms with Gasteiger partial charge in [0.25, 0.3) is 0 Å². The van der Waals surface area contributed by atoms with E-state index in [2.05, 4.69) is 27.7 Å². The molecule has 120 heavy (non-hydrogen) atoms. The van der Waals surface area contributed by atoms with Gasteiger partial charge in [-0.2, -0.15) is 0 Å². The molecule has 18 atom stereocenters. The Morgan fingerprint density at radius 2 is 0.575 bits per heavy atom. The molecule has 3 aliphatic rings. The molecule has 0 radical (unpaired) electrons. The molecule has 3 rings (SSSR count). The van der Waals surface area contributed by atoms with Crippen LogP contribution in [0.1, 0.15) is 445 Å². The number of unbranched alkanes of at least 4 members (excludes halogenated alkanes) is 57. The van der Waals surface area contributed by atoms with Gasteiger partial charge in [-0.3, -0.25) is 28.2 Å². The average Bonchev–Trinajstić information content (AvgIpc) is 0.753. The highest BCUT2D eigenvalue weighted by molar-refractivity contribution is 7.47. The van der Waals surface area contributed by atoms with E-state index in [1.807, 2.05) is 0 Å². The van der Waals surface area contributed by atoms with Crippen LogP contribution in [0.3, 0.4) is 0 Å². The Labute approximate surface area is 725 Å². The van der Waals surface area contributed by atoms with Gasteiger partial charge in [0.1, 0.15) is 92.6 Å². The molecule has 25 nitrogen and oxygen atoms in total. The highest BCUT2D eigenvalue weighted by Crippen LogP contribution is 2.49. The summed E-state index contributed by atoms with van der Waals surface area (Å²) in [4.78, 5) is 66.6. The summed E-state index contributed by atoms with van der Waals surface area (Å²) in [5.74, 6) is -2.93. The van der Waals surface area contributed by atoms with E-state index in [0.29, 0.717) is 32.1 Å². The largest absolute Gasteiger partial charge is 0.472 e. The Kier molecular flexibility index (Phi) is 68.3. The van der Waals surface area contributed by atoms with E-state index in [-0.39, 0.29) is 25.7 Å². The Hall–Kier alpha value is -2.53. The average molecular weight is 1740 g/mol. The number of aliphatic hydroxyl groups excluding tert-OH is 9. The normalized spacial score (nSPS) is 24.6. The summed E-state index contributed by atoms with van der Waals surface area (Å²) in [7, 11) is -5.80. The van der Waals surface area contributed by atoms with Crippen LogP contribution in [0.15, 0.2) is 0 Å². The zero-order valence-electron chi connectivity index (χ0n) is 75.6. The first-order valence-corrected chi connectivity index (χ1v) is 50.8. The zero-order chi connectivity index (χ0) is 87.5. The van der Waals surface area contributed by atoms with Gasteiger partial charge < -0.3 is 88.7 Å². The Morgan fingerprint density at radius 3 is 0.908 bits per heavy atom. The van der Waals surface area contributed by atoms with Crippen LogP contribution in [-0.4, -0.2) is 205 Å². The fourth-order valence-corrected chi connectivity index (χ4v) is 17.5. The van der Waals surface area contributed by atoms with E-state index in [4.69, 9.17) is 46.9 Å². The number of carbonyl (C=O) groups excluding carboxylic acids is 4. The number of hydrogen-bond acceptors (Lipinski definition) is 24. The predicted molar refractivity (Wildman–Crippen MR) is 467 cm³/mol. The monoisotopic (exact) mass is 1740 g/mol. The minimum absolute atomic E-state index is 0.0200. The number of esters is 4. The molecule has 3 fully saturated rings. The highest BCUT2D eigenvalue weighted by atomic mass is 31.2. The maximum Gasteiger partial charge on any atom is 0.472 e. The molecule has 2 aliphatic heterocycles. The molecule has 10 N–H and O–H groups in total. The smallest absolute Gasteiger partial charge is 0.463 e. The van der Waals surface area contributed by atoms with Crippen molar-refractivity contribution in [1.29, 1.82) is 0 Å². The molecule has 26 heteroatoms. The van der Waals surface area contributed by atoms with Crippen LogP contribution in [-0.2, 0) is 70.7 Å². The van der Waals surface area contributed by atoms with Crippen LogP contribution < -0.4 is 0 Å². The number of carbonyl (C=O) groups is 4. The predicted octanol–water partition coefficient (Wildman–Crippen LogP) is 18.9. The number of phosphoric ester groups is 1. The van der Waals surface area contributed by atoms with Gasteiger partial charge in [0.15, 0.2) is 24.8 Å². The fraction of sp³-hybridized carbons (Fsp3) is 0.957. The lowest BCUT2D eigenvalue weighted by molar-refractivity contribution is -0.360. The molecule has 0 spiro atoms. The van der Waals surface area contributed by atoms with Crippen molar-refractivity contribution in [2.45, 2.75) is 549 Å². The van der Waals surface area contributed by atoms with Gasteiger partial charge in [-0.1, -0.05) is 394 Å². The van der Waals surface area contributed by atoms with Gasteiger partial charge in [0.05, 0.1) is 13.2 Å². The Morgan fingerprint density at radius 1 is 0.300 bits per heavy atom. The molecule has 0 aromatic carbocycles. The minimum atomic E-state index is -5.80. The first-order chi connectivity index (χ1) is 58.2. The van der Waals surface area contributed by atoms with Crippen molar-refractivity contribution in [1.82, 2.24) is 0 Å². The zero-order valence-corrected chi connectivity index (χ0v) is 76.5. The molecule has 2 heterocycles. The Bertz CT molecular complexity index is 2490. The van der Waals surface area contributed by atoms with Gasteiger partial charge in [-0.15, -0.1) is 0 Å². The maximum absolute atomic E-state index is 14.9. The van der Waals surface area contributed by atoms with Crippen LogP contribution in [0.2, 0.25) is 0 Å². The third-order valence-corrected chi connectivity index (χ3v) is 25.3. The van der Waals surface area contributed by atoms with Crippen molar-refractivity contribution in [3.8, 4) is 0 Å². The van der Waals surface area contributed by atoms with E-state index >= 15 is 0 Å². The topological polar surface area (TPSA) is 380 Å². The number of ether oxygens (including phenoxy) is 8. The van der Waals surface area contributed by atoms with Crippen molar-refractivity contribution < 1.29 is 122 Å². The van der Waals surface area contributed by atoms with Crippen molar-refractivity contribution in [2.24, 2.45) is 0 Å². The summed E-state index contributed by atoms with van der Waals surface area (Å²) in [5, 5.41) is 102. The van der Waals surface area contributed by atoms with Crippen LogP contribution in [0.5, 0.6) is 0 Å². The maximum atomic E-state index is 14.9. The second-order valence-corrected chi connectivity index (χ2v) is 36.7. The molecule has 1 aliphatic carbocycles. The lowest BCUT2D eigenvalue weighted by Gasteiger charge is -2.50. The molecule has 18 unspecified atom stereocenters. The first kappa shape index (κ1) is 112. The number of hydrogen-bond donors (Lipinski definition) is 10. The van der Waals surface area contributed by atoms with Gasteiger partial charge in [-0.25, -0.2) is 4.57 Å². The third kappa shape index (κ3) is 52.7. The first-order valence-electron chi connectivity index (χ1n) is 49.3. The molecule has 708 valence electrons. The third-order valence-electron chi connectivity index (χ3n) is 24.4. The van der Waals surface area contributed by atoms with Gasteiger partial charge in [-0.05, 0) is 25.7 Å². The molecule has 0 bridgehead atoms. The van der Waals surface area contributed by atoms with Crippen molar-refractivity contribution >= 4 is 31.7 Å². The van der Waals surface area contributed by atoms with Gasteiger partial charge >= 0.3 is 31.7 Å². The van der Waals surface area contributed by atoms with E-state index in [1.54, 1.807) is 0 Å². The summed E-state index contributed by atoms with van der Waals surface area (Å²) < 4.78 is 73.6. The van der Waals surface area contributed by atoms with Crippen molar-refractivity contribution in [2.75, 3.05) is 26.4 Å². The summed E-state index contributed by atoms with van der Waals surface area (Å²) in [6, 6.07) is 0. The summed E-state index contributed by atoms with van der Waals surface area (Å²) in [6.45, 7) is 5.66. The van der Waals surface area contributed by atoms with E-state index in [1.165, 1.54) is 231 Å². The minimum Gasteiger partial charge on any atom is -0.463 e. The van der Waals surface area contributed by atoms with Crippen LogP contribution >= 0.6 is 7.82 Å².